The van der Waals surface area contributed by atoms with E-state index in [0.717, 1.165) is 0 Å². The Balaban J connectivity index is 1.61. The Labute approximate surface area is 220 Å². The zero-order chi connectivity index (χ0) is 24.2. The number of thiophene rings is 1. The Bertz CT molecular complexity index is 463. The minimum Gasteiger partial charge on any atom is -0.149 e. The van der Waals surface area contributed by atoms with E-state index in [1.165, 1.54) is 180 Å². The lowest BCUT2D eigenvalue weighted by Gasteiger charge is -2.04. The van der Waals surface area contributed by atoms with E-state index in [0.29, 0.717) is 0 Å². The molecule has 0 bridgehead atoms. The molecule has 200 valence electrons. The Kier molecular flexibility index (Phi) is 25.5. The lowest BCUT2D eigenvalue weighted by Crippen LogP contribution is -1.85. The van der Waals surface area contributed by atoms with E-state index in [2.05, 4.69) is 24.4 Å². The Morgan fingerprint density at radius 1 is 0.412 bits per heavy atom. The molecule has 0 saturated carbocycles. The SMILES string of the molecule is CCCCCCCCCCCCCCCCCCCCCCCCCCCCCc1cccs1. The summed E-state index contributed by atoms with van der Waals surface area (Å²) in [5.41, 5.74) is 0. The quantitative estimate of drug-likeness (QED) is 0.102. The van der Waals surface area contributed by atoms with Gasteiger partial charge in [0.15, 0.2) is 0 Å². The van der Waals surface area contributed by atoms with Gasteiger partial charge >= 0.3 is 0 Å². The van der Waals surface area contributed by atoms with Crippen molar-refractivity contribution in [3.63, 3.8) is 0 Å². The highest BCUT2D eigenvalue weighted by Gasteiger charge is 1.97. The van der Waals surface area contributed by atoms with Crippen LogP contribution in [-0.4, -0.2) is 0 Å². The first-order chi connectivity index (χ1) is 16.9. The number of aryl methyl sites for hydroxylation is 1. The molecule has 0 N–H and O–H groups in total. The molecule has 0 radical (unpaired) electrons. The van der Waals surface area contributed by atoms with E-state index in [1.54, 1.807) is 4.88 Å². The summed E-state index contributed by atoms with van der Waals surface area (Å²) in [4.78, 5) is 1.57. The van der Waals surface area contributed by atoms with Crippen LogP contribution >= 0.6 is 11.3 Å². The summed E-state index contributed by atoms with van der Waals surface area (Å²) in [5.74, 6) is 0. The lowest BCUT2D eigenvalue weighted by atomic mass is 10.0. The van der Waals surface area contributed by atoms with Crippen molar-refractivity contribution in [1.82, 2.24) is 0 Å². The largest absolute Gasteiger partial charge is 0.149 e. The fourth-order valence-electron chi connectivity index (χ4n) is 5.25. The van der Waals surface area contributed by atoms with Crippen LogP contribution in [0.5, 0.6) is 0 Å². The molecule has 0 atom stereocenters. The van der Waals surface area contributed by atoms with Crippen LogP contribution < -0.4 is 0 Å². The molecular formula is C33H62S. The molecule has 0 aliphatic rings. The van der Waals surface area contributed by atoms with Crippen LogP contribution in [0.3, 0.4) is 0 Å². The number of hydrogen-bond acceptors (Lipinski definition) is 1. The van der Waals surface area contributed by atoms with Gasteiger partial charge in [0, 0.05) is 4.88 Å². The summed E-state index contributed by atoms with van der Waals surface area (Å²) < 4.78 is 0. The maximum absolute atomic E-state index is 2.31. The van der Waals surface area contributed by atoms with Gasteiger partial charge in [0.1, 0.15) is 0 Å². The van der Waals surface area contributed by atoms with Crippen molar-refractivity contribution in [3.05, 3.63) is 22.4 Å². The normalized spacial score (nSPS) is 11.4. The van der Waals surface area contributed by atoms with Crippen LogP contribution in [0, 0.1) is 0 Å². The van der Waals surface area contributed by atoms with E-state index in [1.807, 2.05) is 11.3 Å². The van der Waals surface area contributed by atoms with Gasteiger partial charge < -0.3 is 0 Å². The van der Waals surface area contributed by atoms with Gasteiger partial charge in [0.25, 0.3) is 0 Å². The summed E-state index contributed by atoms with van der Waals surface area (Å²) >= 11 is 1.92. The van der Waals surface area contributed by atoms with Crippen molar-refractivity contribution >= 4 is 11.3 Å². The third-order valence-electron chi connectivity index (χ3n) is 7.61. The van der Waals surface area contributed by atoms with Gasteiger partial charge in [-0.2, -0.15) is 0 Å². The van der Waals surface area contributed by atoms with Crippen LogP contribution in [-0.2, 0) is 6.42 Å². The third-order valence-corrected chi connectivity index (χ3v) is 8.54. The van der Waals surface area contributed by atoms with Crippen molar-refractivity contribution in [1.29, 1.82) is 0 Å². The average molecular weight is 491 g/mol. The first-order valence-corrected chi connectivity index (χ1v) is 16.8. The minimum atomic E-state index is 1.30. The Morgan fingerprint density at radius 3 is 0.971 bits per heavy atom. The summed E-state index contributed by atoms with van der Waals surface area (Å²) in [6.07, 6.45) is 41.0. The zero-order valence-electron chi connectivity index (χ0n) is 23.4. The summed E-state index contributed by atoms with van der Waals surface area (Å²) in [5, 5.41) is 2.20. The molecule has 1 heterocycles. The summed E-state index contributed by atoms with van der Waals surface area (Å²) in [6, 6.07) is 4.46. The van der Waals surface area contributed by atoms with Gasteiger partial charge in [0.05, 0.1) is 0 Å². The van der Waals surface area contributed by atoms with Crippen LogP contribution in [0.15, 0.2) is 17.5 Å². The van der Waals surface area contributed by atoms with Gasteiger partial charge in [-0.1, -0.05) is 180 Å². The third kappa shape index (κ3) is 23.4. The molecule has 0 nitrogen and oxygen atoms in total. The van der Waals surface area contributed by atoms with Crippen LogP contribution in [0.2, 0.25) is 0 Å². The van der Waals surface area contributed by atoms with E-state index in [4.69, 9.17) is 0 Å². The van der Waals surface area contributed by atoms with Gasteiger partial charge in [0.2, 0.25) is 0 Å². The molecule has 0 amide bonds. The molecule has 0 saturated heterocycles. The van der Waals surface area contributed by atoms with Crippen LogP contribution in [0.25, 0.3) is 0 Å². The van der Waals surface area contributed by atoms with Crippen molar-refractivity contribution in [2.75, 3.05) is 0 Å². The van der Waals surface area contributed by atoms with Gasteiger partial charge in [-0.05, 0) is 24.3 Å². The molecule has 0 fully saturated rings. The smallest absolute Gasteiger partial charge is 0.00452 e. The van der Waals surface area contributed by atoms with Gasteiger partial charge in [-0.3, -0.25) is 0 Å². The standard InChI is InChI=1S/C33H62S/c1-2-3-4-5-6-7-8-9-10-11-12-13-14-15-16-17-18-19-20-21-22-23-24-25-26-27-28-30-33-31-29-32-34-33/h29,31-32H,2-28,30H2,1H3. The molecular weight excluding hydrogens is 428 g/mol. The second kappa shape index (κ2) is 27.3. The van der Waals surface area contributed by atoms with E-state index >= 15 is 0 Å². The molecule has 1 rings (SSSR count). The number of unbranched alkanes of at least 4 members (excludes halogenated alkanes) is 26. The van der Waals surface area contributed by atoms with Gasteiger partial charge in [-0.15, -0.1) is 11.3 Å². The second-order valence-electron chi connectivity index (χ2n) is 11.0. The predicted octanol–water partition coefficient (Wildman–Crippen LogP) is 12.8. The molecule has 1 heteroatoms. The minimum absolute atomic E-state index is 1.30. The second-order valence-corrected chi connectivity index (χ2v) is 12.1. The first-order valence-electron chi connectivity index (χ1n) is 16.0. The Morgan fingerprint density at radius 2 is 0.706 bits per heavy atom. The van der Waals surface area contributed by atoms with Crippen LogP contribution in [0.4, 0.5) is 0 Å². The lowest BCUT2D eigenvalue weighted by molar-refractivity contribution is 0.514. The number of hydrogen-bond donors (Lipinski definition) is 0. The van der Waals surface area contributed by atoms with Crippen molar-refractivity contribution in [2.45, 2.75) is 187 Å². The molecule has 1 aromatic rings. The molecule has 0 unspecified atom stereocenters. The molecule has 0 aliphatic carbocycles. The van der Waals surface area contributed by atoms with Crippen molar-refractivity contribution in [3.8, 4) is 0 Å². The zero-order valence-corrected chi connectivity index (χ0v) is 24.3. The molecule has 0 aromatic carbocycles. The maximum atomic E-state index is 2.31. The maximum Gasteiger partial charge on any atom is 0.00452 e. The first kappa shape index (κ1) is 31.7. The highest BCUT2D eigenvalue weighted by atomic mass is 32.1. The fraction of sp³-hybridized carbons (Fsp3) is 0.879. The highest BCUT2D eigenvalue weighted by molar-refractivity contribution is 7.09. The molecule has 1 aromatic heterocycles. The molecule has 0 aliphatic heterocycles. The van der Waals surface area contributed by atoms with Crippen molar-refractivity contribution < 1.29 is 0 Å². The van der Waals surface area contributed by atoms with E-state index < -0.39 is 0 Å². The Hall–Kier alpha value is -0.300. The fourth-order valence-corrected chi connectivity index (χ4v) is 6.00. The topological polar surface area (TPSA) is 0 Å². The van der Waals surface area contributed by atoms with Gasteiger partial charge in [-0.25, -0.2) is 0 Å². The average Bonchev–Trinajstić information content (AvgIpc) is 3.37. The van der Waals surface area contributed by atoms with Crippen molar-refractivity contribution in [2.24, 2.45) is 0 Å². The summed E-state index contributed by atoms with van der Waals surface area (Å²) in [6.45, 7) is 2.31. The monoisotopic (exact) mass is 490 g/mol. The molecule has 0 spiro atoms. The highest BCUT2D eigenvalue weighted by Crippen LogP contribution is 2.17. The predicted molar refractivity (Wildman–Crippen MR) is 158 cm³/mol. The van der Waals surface area contributed by atoms with E-state index in [-0.39, 0.29) is 0 Å². The number of rotatable bonds is 28. The van der Waals surface area contributed by atoms with E-state index in [9.17, 15) is 0 Å². The summed E-state index contributed by atoms with van der Waals surface area (Å²) in [7, 11) is 0. The van der Waals surface area contributed by atoms with Crippen LogP contribution in [0.1, 0.15) is 185 Å². The molecule has 34 heavy (non-hydrogen) atoms.